The molecule has 0 unspecified atom stereocenters. The molecule has 3 nitrogen and oxygen atoms in total. The Bertz CT molecular complexity index is 639. The van der Waals surface area contributed by atoms with Gasteiger partial charge in [-0.3, -0.25) is 4.79 Å². The van der Waals surface area contributed by atoms with Crippen LogP contribution in [0.15, 0.2) is 53.4 Å². The third-order valence-corrected chi connectivity index (χ3v) is 3.83. The molecule has 0 aromatic heterocycles. The molecule has 0 spiro atoms. The van der Waals surface area contributed by atoms with Crippen molar-refractivity contribution in [2.45, 2.75) is 17.7 Å². The second-order valence-corrected chi connectivity index (χ2v) is 5.57. The highest BCUT2D eigenvalue weighted by molar-refractivity contribution is 7.80. The first kappa shape index (κ1) is 14.0. The van der Waals surface area contributed by atoms with Crippen LogP contribution >= 0.6 is 12.6 Å². The first-order valence-corrected chi connectivity index (χ1v) is 7.49. The van der Waals surface area contributed by atoms with Gasteiger partial charge in [-0.2, -0.15) is 0 Å². The topological polar surface area (TPSA) is 29.5 Å². The third kappa shape index (κ3) is 3.22. The van der Waals surface area contributed by atoms with E-state index in [0.717, 1.165) is 28.3 Å². The van der Waals surface area contributed by atoms with Gasteiger partial charge in [0.25, 0.3) is 0 Å². The van der Waals surface area contributed by atoms with Crippen molar-refractivity contribution in [2.75, 3.05) is 18.1 Å². The Morgan fingerprint density at radius 3 is 2.71 bits per heavy atom. The zero-order chi connectivity index (χ0) is 14.7. The van der Waals surface area contributed by atoms with Crippen LogP contribution < -0.4 is 9.64 Å². The van der Waals surface area contributed by atoms with E-state index >= 15 is 0 Å². The van der Waals surface area contributed by atoms with E-state index in [1.54, 1.807) is 0 Å². The minimum atomic E-state index is 0.0971. The van der Waals surface area contributed by atoms with Crippen LogP contribution in [-0.2, 0) is 11.2 Å². The highest BCUT2D eigenvalue weighted by atomic mass is 32.1. The molecule has 0 bridgehead atoms. The fourth-order valence-corrected chi connectivity index (χ4v) is 2.62. The second-order valence-electron chi connectivity index (χ2n) is 5.06. The molecule has 0 aliphatic carbocycles. The van der Waals surface area contributed by atoms with E-state index in [9.17, 15) is 4.79 Å². The smallest absolute Gasteiger partial charge is 0.231 e. The van der Waals surface area contributed by atoms with Crippen LogP contribution in [0.1, 0.15) is 12.0 Å². The normalized spacial score (nSPS) is 14.0. The number of fused-ring (bicyclic) bond motifs is 1. The van der Waals surface area contributed by atoms with Crippen molar-refractivity contribution in [2.24, 2.45) is 0 Å². The number of anilines is 1. The second kappa shape index (κ2) is 6.22. The third-order valence-electron chi connectivity index (χ3n) is 3.53. The lowest BCUT2D eigenvalue weighted by molar-refractivity contribution is -0.118. The molecular weight excluding hydrogens is 282 g/mol. The van der Waals surface area contributed by atoms with Crippen molar-refractivity contribution in [3.63, 3.8) is 0 Å². The number of hydrogen-bond donors (Lipinski definition) is 1. The molecule has 4 heteroatoms. The number of benzene rings is 2. The molecule has 1 aliphatic heterocycles. The molecule has 0 N–H and O–H groups in total. The molecule has 2 aromatic rings. The average molecular weight is 299 g/mol. The molecule has 3 rings (SSSR count). The SMILES string of the molecule is O=C(Cc1ccc(S)cc1)N1CCCOc2ccccc21. The Kier molecular flexibility index (Phi) is 4.15. The predicted octanol–water partition coefficient (Wildman–Crippen LogP) is 3.33. The zero-order valence-electron chi connectivity index (χ0n) is 11.7. The molecule has 1 amide bonds. The van der Waals surface area contributed by atoms with Gasteiger partial charge >= 0.3 is 0 Å². The number of nitrogens with zero attached hydrogens (tertiary/aromatic N) is 1. The van der Waals surface area contributed by atoms with Crippen molar-refractivity contribution in [3.8, 4) is 5.75 Å². The molecule has 0 fully saturated rings. The molecule has 0 saturated carbocycles. The number of para-hydroxylation sites is 2. The summed E-state index contributed by atoms with van der Waals surface area (Å²) in [6.07, 6.45) is 1.23. The molecule has 2 aromatic carbocycles. The first-order chi connectivity index (χ1) is 10.2. The van der Waals surface area contributed by atoms with Crippen molar-refractivity contribution in [1.82, 2.24) is 0 Å². The average Bonchev–Trinajstić information content (AvgIpc) is 2.72. The van der Waals surface area contributed by atoms with Crippen LogP contribution in [-0.4, -0.2) is 19.1 Å². The Balaban J connectivity index is 1.82. The minimum absolute atomic E-state index is 0.0971. The molecule has 1 aliphatic rings. The van der Waals surface area contributed by atoms with E-state index in [-0.39, 0.29) is 5.91 Å². The van der Waals surface area contributed by atoms with Crippen molar-refractivity contribution in [1.29, 1.82) is 0 Å². The van der Waals surface area contributed by atoms with Crippen LogP contribution in [0.25, 0.3) is 0 Å². The van der Waals surface area contributed by atoms with E-state index in [1.807, 2.05) is 53.4 Å². The highest BCUT2D eigenvalue weighted by Crippen LogP contribution is 2.30. The maximum absolute atomic E-state index is 12.6. The summed E-state index contributed by atoms with van der Waals surface area (Å²) < 4.78 is 5.69. The number of amides is 1. The van der Waals surface area contributed by atoms with Crippen LogP contribution in [0.2, 0.25) is 0 Å². The summed E-state index contributed by atoms with van der Waals surface area (Å²) >= 11 is 4.26. The van der Waals surface area contributed by atoms with E-state index in [2.05, 4.69) is 12.6 Å². The van der Waals surface area contributed by atoms with Gasteiger partial charge in [-0.15, -0.1) is 12.6 Å². The minimum Gasteiger partial charge on any atom is -0.491 e. The maximum Gasteiger partial charge on any atom is 0.231 e. The molecule has 0 atom stereocenters. The lowest BCUT2D eigenvalue weighted by Crippen LogP contribution is -2.32. The molecule has 108 valence electrons. The fourth-order valence-electron chi connectivity index (χ4n) is 2.47. The number of rotatable bonds is 2. The molecule has 0 radical (unpaired) electrons. The molecule has 21 heavy (non-hydrogen) atoms. The summed E-state index contributed by atoms with van der Waals surface area (Å²) in [6.45, 7) is 1.34. The standard InChI is InChI=1S/C17H17NO2S/c19-17(12-13-6-8-14(21)9-7-13)18-10-3-11-20-16-5-2-1-4-15(16)18/h1-2,4-9,21H,3,10-12H2. The van der Waals surface area contributed by atoms with E-state index < -0.39 is 0 Å². The highest BCUT2D eigenvalue weighted by Gasteiger charge is 2.21. The number of hydrogen-bond acceptors (Lipinski definition) is 3. The summed E-state index contributed by atoms with van der Waals surface area (Å²) in [6, 6.07) is 15.4. The van der Waals surface area contributed by atoms with Gasteiger partial charge in [-0.05, 0) is 36.2 Å². The quantitative estimate of drug-likeness (QED) is 0.862. The van der Waals surface area contributed by atoms with Gasteiger partial charge in [-0.25, -0.2) is 0 Å². The number of ether oxygens (including phenoxy) is 1. The summed E-state index contributed by atoms with van der Waals surface area (Å²) in [5.74, 6) is 0.883. The predicted molar refractivity (Wildman–Crippen MR) is 86.3 cm³/mol. The van der Waals surface area contributed by atoms with Crippen LogP contribution in [0.4, 0.5) is 5.69 Å². The fraction of sp³-hybridized carbons (Fsp3) is 0.235. The summed E-state index contributed by atoms with van der Waals surface area (Å²) in [5.41, 5.74) is 1.87. The van der Waals surface area contributed by atoms with Gasteiger partial charge < -0.3 is 9.64 Å². The van der Waals surface area contributed by atoms with Crippen LogP contribution in [0.3, 0.4) is 0 Å². The molecule has 0 saturated heterocycles. The van der Waals surface area contributed by atoms with Gasteiger partial charge in [0.05, 0.1) is 18.7 Å². The molecular formula is C17H17NO2S. The summed E-state index contributed by atoms with van der Waals surface area (Å²) in [5, 5.41) is 0. The van der Waals surface area contributed by atoms with E-state index in [4.69, 9.17) is 4.74 Å². The Hall–Kier alpha value is -1.94. The lowest BCUT2D eigenvalue weighted by Gasteiger charge is -2.21. The Labute approximate surface area is 129 Å². The Morgan fingerprint density at radius 2 is 1.90 bits per heavy atom. The van der Waals surface area contributed by atoms with Crippen molar-refractivity contribution in [3.05, 3.63) is 54.1 Å². The summed E-state index contributed by atoms with van der Waals surface area (Å²) in [4.78, 5) is 15.4. The van der Waals surface area contributed by atoms with Gasteiger partial charge in [-0.1, -0.05) is 24.3 Å². The van der Waals surface area contributed by atoms with Crippen LogP contribution in [0, 0.1) is 0 Å². The monoisotopic (exact) mass is 299 g/mol. The van der Waals surface area contributed by atoms with Crippen molar-refractivity contribution < 1.29 is 9.53 Å². The number of carbonyl (C=O) groups excluding carboxylic acids is 1. The van der Waals surface area contributed by atoms with Gasteiger partial charge in [0, 0.05) is 11.4 Å². The largest absolute Gasteiger partial charge is 0.491 e. The van der Waals surface area contributed by atoms with Gasteiger partial charge in [0.1, 0.15) is 5.75 Å². The maximum atomic E-state index is 12.6. The number of carbonyl (C=O) groups is 1. The first-order valence-electron chi connectivity index (χ1n) is 7.04. The summed E-state index contributed by atoms with van der Waals surface area (Å²) in [7, 11) is 0. The lowest BCUT2D eigenvalue weighted by atomic mass is 10.1. The van der Waals surface area contributed by atoms with Gasteiger partial charge in [0.2, 0.25) is 5.91 Å². The molecule has 1 heterocycles. The van der Waals surface area contributed by atoms with Gasteiger partial charge in [0.15, 0.2) is 0 Å². The van der Waals surface area contributed by atoms with E-state index in [0.29, 0.717) is 19.6 Å². The zero-order valence-corrected chi connectivity index (χ0v) is 12.6. The Morgan fingerprint density at radius 1 is 1.14 bits per heavy atom. The van der Waals surface area contributed by atoms with E-state index in [1.165, 1.54) is 0 Å². The number of thiol groups is 1. The van der Waals surface area contributed by atoms with Crippen molar-refractivity contribution >= 4 is 24.2 Å². The van der Waals surface area contributed by atoms with Crippen LogP contribution in [0.5, 0.6) is 5.75 Å².